The molecule has 0 aliphatic carbocycles. The van der Waals surface area contributed by atoms with Gasteiger partial charge < -0.3 is 20.4 Å². The largest absolute Gasteiger partial charge is 0.467 e. The maximum absolute atomic E-state index is 12.7. The van der Waals surface area contributed by atoms with Crippen molar-refractivity contribution in [3.05, 3.63) is 48.2 Å². The Kier molecular flexibility index (Phi) is 4.50. The molecule has 3 heterocycles. The maximum Gasteiger partial charge on any atom is 0.322 e. The molecule has 1 aliphatic heterocycles. The topological polar surface area (TPSA) is 101 Å². The van der Waals surface area contributed by atoms with Crippen molar-refractivity contribution in [1.82, 2.24) is 9.88 Å². The van der Waals surface area contributed by atoms with Gasteiger partial charge in [0.1, 0.15) is 11.5 Å². The van der Waals surface area contributed by atoms with Crippen LogP contribution >= 0.6 is 0 Å². The van der Waals surface area contributed by atoms with Crippen LogP contribution in [0, 0.1) is 5.92 Å². The zero-order valence-corrected chi connectivity index (χ0v) is 13.4. The second-order valence-corrected chi connectivity index (χ2v) is 6.08. The van der Waals surface area contributed by atoms with E-state index in [1.54, 1.807) is 17.2 Å². The summed E-state index contributed by atoms with van der Waals surface area (Å²) < 4.78 is 5.51. The number of aromatic nitrogens is 1. The maximum atomic E-state index is 12.7. The first-order chi connectivity index (χ1) is 11.5. The van der Waals surface area contributed by atoms with Gasteiger partial charge in [0.25, 0.3) is 5.91 Å². The summed E-state index contributed by atoms with van der Waals surface area (Å²) in [6, 6.07) is 6.53. The lowest BCUT2D eigenvalue weighted by Crippen LogP contribution is -2.42. The van der Waals surface area contributed by atoms with E-state index in [-0.39, 0.29) is 17.8 Å². The second kappa shape index (κ2) is 6.74. The van der Waals surface area contributed by atoms with Gasteiger partial charge in [-0.2, -0.15) is 0 Å². The molecule has 0 saturated carbocycles. The number of urea groups is 1. The molecule has 3 amide bonds. The van der Waals surface area contributed by atoms with E-state index in [0.717, 1.165) is 18.6 Å². The molecule has 3 N–H and O–H groups in total. The number of nitrogens with one attached hydrogen (secondary N) is 1. The number of piperidine rings is 1. The fourth-order valence-electron chi connectivity index (χ4n) is 2.94. The van der Waals surface area contributed by atoms with E-state index in [2.05, 4.69) is 17.2 Å². The third-order valence-corrected chi connectivity index (χ3v) is 4.26. The van der Waals surface area contributed by atoms with E-state index >= 15 is 0 Å². The highest BCUT2D eigenvalue weighted by Crippen LogP contribution is 2.34. The molecule has 7 heteroatoms. The molecule has 0 bridgehead atoms. The number of hydrogen-bond acceptors (Lipinski definition) is 4. The number of pyridine rings is 1. The normalized spacial score (nSPS) is 20.6. The lowest BCUT2D eigenvalue weighted by molar-refractivity contribution is 0.0995. The fourth-order valence-corrected chi connectivity index (χ4v) is 2.94. The number of primary amides is 1. The zero-order valence-electron chi connectivity index (χ0n) is 13.4. The van der Waals surface area contributed by atoms with Crippen LogP contribution in [0.5, 0.6) is 0 Å². The Morgan fingerprint density at radius 1 is 1.38 bits per heavy atom. The number of amides is 3. The van der Waals surface area contributed by atoms with E-state index in [1.165, 1.54) is 12.3 Å². The Morgan fingerprint density at radius 3 is 2.83 bits per heavy atom. The van der Waals surface area contributed by atoms with Crippen molar-refractivity contribution in [2.75, 3.05) is 11.9 Å². The van der Waals surface area contributed by atoms with Crippen molar-refractivity contribution in [2.45, 2.75) is 25.8 Å². The number of nitrogens with two attached hydrogens (primary N) is 1. The lowest BCUT2D eigenvalue weighted by Gasteiger charge is -2.37. The van der Waals surface area contributed by atoms with Crippen LogP contribution in [-0.4, -0.2) is 28.4 Å². The molecular weight excluding hydrogens is 308 g/mol. The number of carbonyl (C=O) groups excluding carboxylic acids is 2. The van der Waals surface area contributed by atoms with Gasteiger partial charge in [0, 0.05) is 6.54 Å². The van der Waals surface area contributed by atoms with Gasteiger partial charge in [-0.05, 0) is 43.0 Å². The van der Waals surface area contributed by atoms with Crippen LogP contribution in [0.3, 0.4) is 0 Å². The van der Waals surface area contributed by atoms with E-state index in [4.69, 9.17) is 10.2 Å². The second-order valence-electron chi connectivity index (χ2n) is 6.08. The van der Waals surface area contributed by atoms with Crippen molar-refractivity contribution in [3.63, 3.8) is 0 Å². The highest BCUT2D eigenvalue weighted by atomic mass is 16.3. The summed E-state index contributed by atoms with van der Waals surface area (Å²) in [7, 11) is 0. The molecule has 24 heavy (non-hydrogen) atoms. The van der Waals surface area contributed by atoms with Crippen LogP contribution < -0.4 is 11.1 Å². The van der Waals surface area contributed by atoms with Gasteiger partial charge in [0.2, 0.25) is 0 Å². The zero-order chi connectivity index (χ0) is 17.1. The smallest absolute Gasteiger partial charge is 0.322 e. The molecule has 7 nitrogen and oxygen atoms in total. The lowest BCUT2D eigenvalue weighted by atomic mass is 9.91. The molecule has 126 valence electrons. The Hall–Kier alpha value is -2.83. The fraction of sp³-hybridized carbons (Fsp3) is 0.353. The quantitative estimate of drug-likeness (QED) is 0.904. The van der Waals surface area contributed by atoms with Crippen LogP contribution in [0.4, 0.5) is 10.5 Å². The van der Waals surface area contributed by atoms with Gasteiger partial charge in [-0.1, -0.05) is 6.92 Å². The molecule has 0 aromatic carbocycles. The molecule has 2 atom stereocenters. The van der Waals surface area contributed by atoms with Gasteiger partial charge in [-0.25, -0.2) is 9.78 Å². The van der Waals surface area contributed by atoms with Gasteiger partial charge in [-0.3, -0.25) is 4.79 Å². The Bertz CT molecular complexity index is 712. The van der Waals surface area contributed by atoms with Crippen molar-refractivity contribution in [1.29, 1.82) is 0 Å². The van der Waals surface area contributed by atoms with Crippen LogP contribution in [-0.2, 0) is 0 Å². The van der Waals surface area contributed by atoms with Crippen molar-refractivity contribution >= 4 is 17.6 Å². The van der Waals surface area contributed by atoms with Crippen molar-refractivity contribution < 1.29 is 14.0 Å². The van der Waals surface area contributed by atoms with Gasteiger partial charge in [0.15, 0.2) is 0 Å². The number of anilines is 1. The minimum atomic E-state index is -0.601. The molecule has 1 fully saturated rings. The Balaban J connectivity index is 1.73. The van der Waals surface area contributed by atoms with Crippen LogP contribution in [0.15, 0.2) is 41.1 Å². The molecule has 1 saturated heterocycles. The summed E-state index contributed by atoms with van der Waals surface area (Å²) in [4.78, 5) is 29.4. The van der Waals surface area contributed by atoms with Crippen LogP contribution in [0.2, 0.25) is 0 Å². The minimum Gasteiger partial charge on any atom is -0.467 e. The van der Waals surface area contributed by atoms with Gasteiger partial charge in [0.05, 0.1) is 24.2 Å². The molecular formula is C17H20N4O3. The van der Waals surface area contributed by atoms with Gasteiger partial charge in [-0.15, -0.1) is 0 Å². The number of furan rings is 1. The Labute approximate surface area is 139 Å². The SMILES string of the molecule is C[C@@H]1CCN(C(=O)Nc2ccc(C(N)=O)nc2)[C@H](c2ccco2)C1. The van der Waals surface area contributed by atoms with Gasteiger partial charge >= 0.3 is 6.03 Å². The van der Waals surface area contributed by atoms with Crippen LogP contribution in [0.1, 0.15) is 42.1 Å². The number of hydrogen-bond donors (Lipinski definition) is 2. The third kappa shape index (κ3) is 3.40. The predicted molar refractivity (Wildman–Crippen MR) is 88.3 cm³/mol. The van der Waals surface area contributed by atoms with E-state index < -0.39 is 5.91 Å². The minimum absolute atomic E-state index is 0.0819. The number of nitrogens with zero attached hydrogens (tertiary/aromatic N) is 2. The first-order valence-electron chi connectivity index (χ1n) is 7.91. The summed E-state index contributed by atoms with van der Waals surface area (Å²) >= 11 is 0. The molecule has 0 radical (unpaired) electrons. The predicted octanol–water partition coefficient (Wildman–Crippen LogP) is 2.78. The molecule has 1 aliphatic rings. The summed E-state index contributed by atoms with van der Waals surface area (Å²) in [6.07, 6.45) is 4.85. The first kappa shape index (κ1) is 16.0. The standard InChI is InChI=1S/C17H20N4O3/c1-11-6-7-21(14(9-11)15-3-2-8-24-15)17(23)20-12-4-5-13(16(18)22)19-10-12/h2-5,8,10-11,14H,6-7,9H2,1H3,(H2,18,22)(H,20,23)/t11-,14+/m1/s1. The summed E-state index contributed by atoms with van der Waals surface area (Å²) in [5.74, 6) is 0.718. The Morgan fingerprint density at radius 2 is 2.21 bits per heavy atom. The third-order valence-electron chi connectivity index (χ3n) is 4.26. The number of likely N-dealkylation sites (tertiary alicyclic amines) is 1. The number of rotatable bonds is 3. The summed E-state index contributed by atoms with van der Waals surface area (Å²) in [5.41, 5.74) is 5.84. The monoisotopic (exact) mass is 328 g/mol. The summed E-state index contributed by atoms with van der Waals surface area (Å²) in [5, 5.41) is 2.82. The molecule has 3 rings (SSSR count). The average molecular weight is 328 g/mol. The van der Waals surface area contributed by atoms with Crippen molar-refractivity contribution in [3.8, 4) is 0 Å². The van der Waals surface area contributed by atoms with E-state index in [9.17, 15) is 9.59 Å². The summed E-state index contributed by atoms with van der Waals surface area (Å²) in [6.45, 7) is 2.84. The molecule has 2 aromatic heterocycles. The van der Waals surface area contributed by atoms with Crippen molar-refractivity contribution in [2.24, 2.45) is 11.7 Å². The first-order valence-corrected chi connectivity index (χ1v) is 7.91. The number of carbonyl (C=O) groups is 2. The van der Waals surface area contributed by atoms with E-state index in [1.807, 2.05) is 12.1 Å². The average Bonchev–Trinajstić information content (AvgIpc) is 3.09. The molecule has 2 aromatic rings. The van der Waals surface area contributed by atoms with Crippen LogP contribution in [0.25, 0.3) is 0 Å². The highest BCUT2D eigenvalue weighted by molar-refractivity contribution is 5.92. The van der Waals surface area contributed by atoms with E-state index in [0.29, 0.717) is 18.2 Å². The molecule has 0 spiro atoms. The molecule has 0 unspecified atom stereocenters. The highest BCUT2D eigenvalue weighted by Gasteiger charge is 2.32.